The molecule has 2 heterocycles. The van der Waals surface area contributed by atoms with Crippen molar-refractivity contribution in [2.75, 3.05) is 14.2 Å². The number of fused-ring (bicyclic) bond motifs is 1. The Morgan fingerprint density at radius 1 is 1.26 bits per heavy atom. The monoisotopic (exact) mass is 351 g/mol. The van der Waals surface area contributed by atoms with E-state index in [-0.39, 0.29) is 5.75 Å². The minimum absolute atomic E-state index is 0.146. The average molecular weight is 352 g/mol. The van der Waals surface area contributed by atoms with E-state index in [1.54, 1.807) is 25.4 Å². The largest absolute Gasteiger partial charge is 0.609 e. The number of pyridine rings is 1. The Hall–Kier alpha value is -1.96. The number of H-pyrrole nitrogens is 1. The van der Waals surface area contributed by atoms with Crippen molar-refractivity contribution in [3.8, 4) is 11.5 Å². The molecular formula is C15H14ClN3O3S. The number of aromatic amines is 1. The van der Waals surface area contributed by atoms with E-state index in [0.29, 0.717) is 32.9 Å². The van der Waals surface area contributed by atoms with E-state index < -0.39 is 11.2 Å². The van der Waals surface area contributed by atoms with E-state index in [1.165, 1.54) is 7.11 Å². The van der Waals surface area contributed by atoms with Gasteiger partial charge in [0.15, 0.2) is 5.75 Å². The molecule has 3 rings (SSSR count). The van der Waals surface area contributed by atoms with Crippen LogP contribution in [0.3, 0.4) is 0 Å². The third kappa shape index (κ3) is 3.21. The highest BCUT2D eigenvalue weighted by Crippen LogP contribution is 2.29. The first kappa shape index (κ1) is 15.9. The second-order valence-electron chi connectivity index (χ2n) is 4.69. The molecule has 1 N–H and O–H groups in total. The molecule has 0 aliphatic heterocycles. The van der Waals surface area contributed by atoms with Gasteiger partial charge in [0.05, 0.1) is 25.3 Å². The van der Waals surface area contributed by atoms with E-state index in [9.17, 15) is 4.55 Å². The fourth-order valence-corrected chi connectivity index (χ4v) is 3.48. The molecule has 0 saturated heterocycles. The summed E-state index contributed by atoms with van der Waals surface area (Å²) in [5.74, 6) is 1.34. The molecule has 8 heteroatoms. The number of halogens is 1. The number of rotatable bonds is 5. The van der Waals surface area contributed by atoms with Crippen LogP contribution in [-0.2, 0) is 16.9 Å². The van der Waals surface area contributed by atoms with E-state index >= 15 is 0 Å². The minimum Gasteiger partial charge on any atom is -0.609 e. The molecule has 0 bridgehead atoms. The molecule has 0 aliphatic carbocycles. The summed E-state index contributed by atoms with van der Waals surface area (Å²) < 4.78 is 22.8. The van der Waals surface area contributed by atoms with Crippen molar-refractivity contribution in [3.05, 3.63) is 41.2 Å². The van der Waals surface area contributed by atoms with Gasteiger partial charge < -0.3 is 14.0 Å². The van der Waals surface area contributed by atoms with Gasteiger partial charge >= 0.3 is 5.16 Å². The zero-order valence-electron chi connectivity index (χ0n) is 12.5. The minimum atomic E-state index is -1.41. The Labute approximate surface area is 141 Å². The summed E-state index contributed by atoms with van der Waals surface area (Å²) in [6.45, 7) is 0. The Morgan fingerprint density at radius 3 is 2.83 bits per heavy atom. The number of benzene rings is 1. The number of methoxy groups -OCH3 is 2. The first-order valence-corrected chi connectivity index (χ1v) is 8.41. The van der Waals surface area contributed by atoms with Crippen LogP contribution in [0.25, 0.3) is 11.0 Å². The molecule has 1 atom stereocenters. The highest BCUT2D eigenvalue weighted by molar-refractivity contribution is 7.90. The molecule has 120 valence electrons. The molecule has 2 aromatic heterocycles. The van der Waals surface area contributed by atoms with E-state index in [2.05, 4.69) is 15.0 Å². The summed E-state index contributed by atoms with van der Waals surface area (Å²) in [6.07, 6.45) is 1.57. The molecular weight excluding hydrogens is 338 g/mol. The van der Waals surface area contributed by atoms with Gasteiger partial charge in [-0.05, 0) is 12.1 Å². The molecule has 0 amide bonds. The van der Waals surface area contributed by atoms with Crippen molar-refractivity contribution >= 4 is 33.8 Å². The first-order valence-electron chi connectivity index (χ1n) is 6.72. The summed E-state index contributed by atoms with van der Waals surface area (Å²) in [4.78, 5) is 11.6. The molecule has 23 heavy (non-hydrogen) atoms. The number of imidazole rings is 1. The molecule has 6 nitrogen and oxygen atoms in total. The van der Waals surface area contributed by atoms with Crippen molar-refractivity contribution < 1.29 is 14.0 Å². The molecule has 0 aliphatic rings. The van der Waals surface area contributed by atoms with Gasteiger partial charge in [0, 0.05) is 29.5 Å². The maximum absolute atomic E-state index is 12.5. The molecule has 0 radical (unpaired) electrons. The third-order valence-electron chi connectivity index (χ3n) is 3.30. The van der Waals surface area contributed by atoms with Crippen LogP contribution in [-0.4, -0.2) is 33.7 Å². The lowest BCUT2D eigenvalue weighted by molar-refractivity contribution is 0.414. The van der Waals surface area contributed by atoms with Gasteiger partial charge in [0.1, 0.15) is 22.2 Å². The van der Waals surface area contributed by atoms with Crippen LogP contribution in [0.5, 0.6) is 11.5 Å². The Balaban J connectivity index is 1.87. The van der Waals surface area contributed by atoms with Crippen LogP contribution in [0, 0.1) is 0 Å². The summed E-state index contributed by atoms with van der Waals surface area (Å²) in [6, 6.07) is 7.08. The fraction of sp³-hybridized carbons (Fsp3) is 0.200. The Morgan fingerprint density at radius 2 is 2.09 bits per heavy atom. The summed E-state index contributed by atoms with van der Waals surface area (Å²) >= 11 is 4.78. The molecule has 3 aromatic rings. The number of nitrogens with zero attached hydrogens (tertiary/aromatic N) is 2. The van der Waals surface area contributed by atoms with Crippen LogP contribution < -0.4 is 9.47 Å². The molecule has 1 unspecified atom stereocenters. The molecule has 0 saturated carbocycles. The van der Waals surface area contributed by atoms with Crippen molar-refractivity contribution in [2.45, 2.75) is 10.9 Å². The first-order chi connectivity index (χ1) is 11.1. The maximum atomic E-state index is 12.5. The van der Waals surface area contributed by atoms with Gasteiger partial charge in [0.25, 0.3) is 0 Å². The lowest BCUT2D eigenvalue weighted by Crippen LogP contribution is -2.09. The second-order valence-corrected chi connectivity index (χ2v) is 6.43. The van der Waals surface area contributed by atoms with E-state index in [0.717, 1.165) is 5.52 Å². The predicted molar refractivity (Wildman–Crippen MR) is 88.6 cm³/mol. The fourth-order valence-electron chi connectivity index (χ4n) is 2.11. The van der Waals surface area contributed by atoms with Crippen LogP contribution in [0.4, 0.5) is 0 Å². The van der Waals surface area contributed by atoms with Crippen LogP contribution in [0.2, 0.25) is 5.02 Å². The normalized spacial score (nSPS) is 12.3. The van der Waals surface area contributed by atoms with Crippen LogP contribution in [0.15, 0.2) is 35.6 Å². The third-order valence-corrected chi connectivity index (χ3v) is 4.86. The van der Waals surface area contributed by atoms with Gasteiger partial charge in [-0.1, -0.05) is 11.6 Å². The average Bonchev–Trinajstić information content (AvgIpc) is 2.99. The number of nitrogens with one attached hydrogen (secondary N) is 1. The van der Waals surface area contributed by atoms with Gasteiger partial charge in [-0.25, -0.2) is 0 Å². The predicted octanol–water partition coefficient (Wildman–Crippen LogP) is 2.94. The number of hydrogen-bond acceptors (Lipinski definition) is 5. The SMILES string of the molecule is COc1ccc2[nH]c([S+]([O-])Cc3nccc(OC)c3Cl)nc2c1. The van der Waals surface area contributed by atoms with Gasteiger partial charge in [-0.15, -0.1) is 0 Å². The van der Waals surface area contributed by atoms with Crippen LogP contribution in [0.1, 0.15) is 5.69 Å². The molecule has 0 fully saturated rings. The standard InChI is InChI=1S/C15H14ClN3O3S/c1-21-9-3-4-10-11(7-9)19-15(18-10)23(20)8-12-14(16)13(22-2)5-6-17-12/h3-7H,8H2,1-2H3,(H,18,19). The topological polar surface area (TPSA) is 83.1 Å². The van der Waals surface area contributed by atoms with Crippen molar-refractivity contribution in [3.63, 3.8) is 0 Å². The summed E-state index contributed by atoms with van der Waals surface area (Å²) in [7, 11) is 3.11. The van der Waals surface area contributed by atoms with Crippen molar-refractivity contribution in [1.82, 2.24) is 15.0 Å². The number of ether oxygens (including phenoxy) is 2. The Kier molecular flexibility index (Phi) is 4.61. The Bertz CT molecular complexity index is 840. The van der Waals surface area contributed by atoms with Crippen molar-refractivity contribution in [1.29, 1.82) is 0 Å². The number of hydrogen-bond donors (Lipinski definition) is 1. The molecule has 0 spiro atoms. The van der Waals surface area contributed by atoms with E-state index in [4.69, 9.17) is 21.1 Å². The highest BCUT2D eigenvalue weighted by atomic mass is 35.5. The summed E-state index contributed by atoms with van der Waals surface area (Å²) in [5.41, 5.74) is 1.98. The lowest BCUT2D eigenvalue weighted by atomic mass is 10.3. The van der Waals surface area contributed by atoms with Crippen molar-refractivity contribution in [2.24, 2.45) is 0 Å². The smallest absolute Gasteiger partial charge is 0.322 e. The van der Waals surface area contributed by atoms with Crippen LogP contribution >= 0.6 is 11.6 Å². The van der Waals surface area contributed by atoms with Gasteiger partial charge in [0.2, 0.25) is 0 Å². The highest BCUT2D eigenvalue weighted by Gasteiger charge is 2.21. The lowest BCUT2D eigenvalue weighted by Gasteiger charge is -2.09. The van der Waals surface area contributed by atoms with Gasteiger partial charge in [-0.2, -0.15) is 4.98 Å². The number of aromatic nitrogens is 3. The van der Waals surface area contributed by atoms with E-state index in [1.807, 2.05) is 12.1 Å². The quantitative estimate of drug-likeness (QED) is 0.714. The zero-order valence-corrected chi connectivity index (χ0v) is 14.1. The zero-order chi connectivity index (χ0) is 16.4. The maximum Gasteiger partial charge on any atom is 0.322 e. The summed E-state index contributed by atoms with van der Waals surface area (Å²) in [5, 5.41) is 0.732. The van der Waals surface area contributed by atoms with Gasteiger partial charge in [-0.3, -0.25) is 9.97 Å². The molecule has 1 aromatic carbocycles. The second kappa shape index (κ2) is 6.66.